The molecule has 3 rings (SSSR count). The second-order valence-electron chi connectivity index (χ2n) is 5.22. The molecule has 0 bridgehead atoms. The Kier molecular flexibility index (Phi) is 3.25. The number of aromatic nitrogens is 1. The fourth-order valence-electron chi connectivity index (χ4n) is 2.66. The van der Waals surface area contributed by atoms with Crippen LogP contribution in [0, 0.1) is 6.92 Å². The van der Waals surface area contributed by atoms with Crippen molar-refractivity contribution in [2.75, 3.05) is 13.1 Å². The molecule has 0 spiro atoms. The average Bonchev–Trinajstić information content (AvgIpc) is 2.85. The molecule has 1 aliphatic heterocycles. The van der Waals surface area contributed by atoms with Crippen molar-refractivity contribution in [3.05, 3.63) is 35.5 Å². The zero-order valence-corrected chi connectivity index (χ0v) is 11.1. The summed E-state index contributed by atoms with van der Waals surface area (Å²) in [6, 6.07) is 8.31. The third-order valence-electron chi connectivity index (χ3n) is 3.78. The van der Waals surface area contributed by atoms with Gasteiger partial charge in [0.2, 0.25) is 0 Å². The predicted molar refractivity (Wildman–Crippen MR) is 76.4 cm³/mol. The lowest BCUT2D eigenvalue weighted by atomic mass is 10.1. The van der Waals surface area contributed by atoms with Gasteiger partial charge in [0.05, 0.1) is 0 Å². The Morgan fingerprint density at radius 1 is 1.32 bits per heavy atom. The van der Waals surface area contributed by atoms with Crippen LogP contribution in [0.2, 0.25) is 0 Å². The molecule has 4 heteroatoms. The Bertz CT molecular complexity index is 596. The summed E-state index contributed by atoms with van der Waals surface area (Å²) in [5, 5.41) is 7.50. The van der Waals surface area contributed by atoms with Crippen molar-refractivity contribution in [3.63, 3.8) is 0 Å². The maximum atomic E-state index is 12.2. The first-order chi connectivity index (χ1) is 9.24. The molecule has 1 amide bonds. The topological polar surface area (TPSA) is 56.9 Å². The van der Waals surface area contributed by atoms with E-state index < -0.39 is 0 Å². The summed E-state index contributed by atoms with van der Waals surface area (Å²) in [4.78, 5) is 15.5. The lowest BCUT2D eigenvalue weighted by Crippen LogP contribution is -2.42. The average molecular weight is 257 g/mol. The predicted octanol–water partition coefficient (Wildman–Crippen LogP) is 1.96. The Morgan fingerprint density at radius 3 is 2.84 bits per heavy atom. The number of carbonyl (C=O) groups excluding carboxylic acids is 1. The van der Waals surface area contributed by atoms with Gasteiger partial charge in [0.15, 0.2) is 0 Å². The monoisotopic (exact) mass is 257 g/mol. The van der Waals surface area contributed by atoms with Crippen LogP contribution in [0.15, 0.2) is 24.3 Å². The minimum Gasteiger partial charge on any atom is -0.350 e. The number of para-hydroxylation sites is 1. The van der Waals surface area contributed by atoms with E-state index in [2.05, 4.69) is 15.6 Å². The van der Waals surface area contributed by atoms with Gasteiger partial charge in [-0.05, 0) is 44.5 Å². The number of piperidine rings is 1. The zero-order chi connectivity index (χ0) is 13.2. The molecule has 2 aromatic rings. The van der Waals surface area contributed by atoms with E-state index in [-0.39, 0.29) is 5.91 Å². The Morgan fingerprint density at radius 2 is 2.11 bits per heavy atom. The number of hydrogen-bond acceptors (Lipinski definition) is 2. The van der Waals surface area contributed by atoms with Crippen LogP contribution in [0.1, 0.15) is 28.9 Å². The molecular formula is C15H19N3O. The van der Waals surface area contributed by atoms with Gasteiger partial charge < -0.3 is 15.6 Å². The molecule has 4 nitrogen and oxygen atoms in total. The molecule has 1 fully saturated rings. The molecule has 2 heterocycles. The van der Waals surface area contributed by atoms with Crippen LogP contribution in [-0.4, -0.2) is 30.0 Å². The van der Waals surface area contributed by atoms with E-state index in [0.29, 0.717) is 11.7 Å². The van der Waals surface area contributed by atoms with Crippen LogP contribution < -0.4 is 10.6 Å². The summed E-state index contributed by atoms with van der Waals surface area (Å²) in [6.45, 7) is 4.01. The number of hydrogen-bond donors (Lipinski definition) is 3. The van der Waals surface area contributed by atoms with Crippen LogP contribution in [0.4, 0.5) is 0 Å². The number of H-pyrrole nitrogens is 1. The molecular weight excluding hydrogens is 238 g/mol. The smallest absolute Gasteiger partial charge is 0.267 e. The lowest BCUT2D eigenvalue weighted by Gasteiger charge is -2.23. The highest BCUT2D eigenvalue weighted by atomic mass is 16.1. The van der Waals surface area contributed by atoms with Gasteiger partial charge in [-0.3, -0.25) is 4.79 Å². The van der Waals surface area contributed by atoms with Gasteiger partial charge >= 0.3 is 0 Å². The first-order valence-electron chi connectivity index (χ1n) is 6.84. The molecule has 1 saturated heterocycles. The SMILES string of the molecule is Cc1cccc2cc(C(=O)NC3CCNCC3)[nH]c12. The van der Waals surface area contributed by atoms with Crippen molar-refractivity contribution in [1.82, 2.24) is 15.6 Å². The van der Waals surface area contributed by atoms with Gasteiger partial charge in [-0.1, -0.05) is 18.2 Å². The third-order valence-corrected chi connectivity index (χ3v) is 3.78. The summed E-state index contributed by atoms with van der Waals surface area (Å²) in [6.07, 6.45) is 2.01. The first-order valence-corrected chi connectivity index (χ1v) is 6.84. The van der Waals surface area contributed by atoms with E-state index in [9.17, 15) is 4.79 Å². The number of fused-ring (bicyclic) bond motifs is 1. The van der Waals surface area contributed by atoms with Gasteiger partial charge in [-0.2, -0.15) is 0 Å². The number of aryl methyl sites for hydroxylation is 1. The minimum absolute atomic E-state index is 0.00231. The molecule has 1 aliphatic rings. The number of amides is 1. The maximum absolute atomic E-state index is 12.2. The van der Waals surface area contributed by atoms with Crippen LogP contribution in [0.5, 0.6) is 0 Å². The van der Waals surface area contributed by atoms with Crippen molar-refractivity contribution in [2.45, 2.75) is 25.8 Å². The van der Waals surface area contributed by atoms with Crippen molar-refractivity contribution < 1.29 is 4.79 Å². The first kappa shape index (κ1) is 12.2. The van der Waals surface area contributed by atoms with E-state index in [1.165, 1.54) is 5.56 Å². The Balaban J connectivity index is 1.79. The minimum atomic E-state index is 0.00231. The van der Waals surface area contributed by atoms with Gasteiger partial charge in [0.25, 0.3) is 5.91 Å². The fourth-order valence-corrected chi connectivity index (χ4v) is 2.66. The maximum Gasteiger partial charge on any atom is 0.267 e. The van der Waals surface area contributed by atoms with Crippen molar-refractivity contribution in [3.8, 4) is 0 Å². The molecule has 0 atom stereocenters. The lowest BCUT2D eigenvalue weighted by molar-refractivity contribution is 0.0925. The second-order valence-corrected chi connectivity index (χ2v) is 5.22. The number of carbonyl (C=O) groups is 1. The van der Waals surface area contributed by atoms with E-state index in [1.807, 2.05) is 31.2 Å². The summed E-state index contributed by atoms with van der Waals surface area (Å²) in [5.41, 5.74) is 2.87. The molecule has 0 aliphatic carbocycles. The number of aromatic amines is 1. The molecule has 1 aromatic carbocycles. The van der Waals surface area contributed by atoms with Gasteiger partial charge in [0, 0.05) is 16.9 Å². The zero-order valence-electron chi connectivity index (χ0n) is 11.1. The van der Waals surface area contributed by atoms with E-state index in [4.69, 9.17) is 0 Å². The number of nitrogens with one attached hydrogen (secondary N) is 3. The highest BCUT2D eigenvalue weighted by Crippen LogP contribution is 2.19. The molecule has 0 radical (unpaired) electrons. The molecule has 19 heavy (non-hydrogen) atoms. The second kappa shape index (κ2) is 5.05. The quantitative estimate of drug-likeness (QED) is 0.770. The highest BCUT2D eigenvalue weighted by molar-refractivity contribution is 5.98. The number of rotatable bonds is 2. The Hall–Kier alpha value is -1.81. The van der Waals surface area contributed by atoms with E-state index in [0.717, 1.165) is 36.8 Å². The van der Waals surface area contributed by atoms with Crippen LogP contribution in [-0.2, 0) is 0 Å². The van der Waals surface area contributed by atoms with Crippen LogP contribution in [0.25, 0.3) is 10.9 Å². The summed E-state index contributed by atoms with van der Waals surface area (Å²) < 4.78 is 0. The van der Waals surface area contributed by atoms with Crippen molar-refractivity contribution >= 4 is 16.8 Å². The normalized spacial score (nSPS) is 16.7. The van der Waals surface area contributed by atoms with Crippen LogP contribution in [0.3, 0.4) is 0 Å². The van der Waals surface area contributed by atoms with E-state index >= 15 is 0 Å². The van der Waals surface area contributed by atoms with E-state index in [1.54, 1.807) is 0 Å². The summed E-state index contributed by atoms with van der Waals surface area (Å²) >= 11 is 0. The summed E-state index contributed by atoms with van der Waals surface area (Å²) in [5.74, 6) is 0.00231. The largest absolute Gasteiger partial charge is 0.350 e. The summed E-state index contributed by atoms with van der Waals surface area (Å²) in [7, 11) is 0. The van der Waals surface area contributed by atoms with Gasteiger partial charge in [-0.15, -0.1) is 0 Å². The molecule has 1 aromatic heterocycles. The van der Waals surface area contributed by atoms with Gasteiger partial charge in [-0.25, -0.2) is 0 Å². The third kappa shape index (κ3) is 2.49. The Labute approximate surface area is 112 Å². The highest BCUT2D eigenvalue weighted by Gasteiger charge is 2.17. The molecule has 0 saturated carbocycles. The van der Waals surface area contributed by atoms with Crippen molar-refractivity contribution in [1.29, 1.82) is 0 Å². The molecule has 100 valence electrons. The van der Waals surface area contributed by atoms with Gasteiger partial charge in [0.1, 0.15) is 5.69 Å². The van der Waals surface area contributed by atoms with Crippen molar-refractivity contribution in [2.24, 2.45) is 0 Å². The molecule has 3 N–H and O–H groups in total. The number of benzene rings is 1. The fraction of sp³-hybridized carbons (Fsp3) is 0.400. The van der Waals surface area contributed by atoms with Crippen LogP contribution >= 0.6 is 0 Å². The molecule has 0 unspecified atom stereocenters. The standard InChI is InChI=1S/C15H19N3O/c1-10-3-2-4-11-9-13(18-14(10)11)15(19)17-12-5-7-16-8-6-12/h2-4,9,12,16,18H,5-8H2,1H3,(H,17,19).